The van der Waals surface area contributed by atoms with Crippen LogP contribution in [0, 0.1) is 0 Å². The molecule has 0 spiro atoms. The first-order valence-electron chi connectivity index (χ1n) is 5.86. The molecule has 104 valence electrons. The summed E-state index contributed by atoms with van der Waals surface area (Å²) in [5, 5.41) is 9.91. The number of ether oxygens (including phenoxy) is 1. The van der Waals surface area contributed by atoms with E-state index in [-0.39, 0.29) is 15.8 Å². The van der Waals surface area contributed by atoms with Gasteiger partial charge in [-0.15, -0.1) is 0 Å². The van der Waals surface area contributed by atoms with Crippen LogP contribution in [0.4, 0.5) is 0 Å². The zero-order valence-corrected chi connectivity index (χ0v) is 12.2. The lowest BCUT2D eigenvalue weighted by Crippen LogP contribution is -2.06. The van der Waals surface area contributed by atoms with Gasteiger partial charge in [-0.05, 0) is 35.7 Å². The molecular weight excluding hydrogens is 299 g/mol. The van der Waals surface area contributed by atoms with Crippen molar-refractivity contribution in [2.75, 3.05) is 7.11 Å². The minimum atomic E-state index is -0.392. The number of rotatable bonds is 3. The van der Waals surface area contributed by atoms with Crippen LogP contribution in [0.5, 0.6) is 5.75 Å². The van der Waals surface area contributed by atoms with Crippen LogP contribution in [0.3, 0.4) is 0 Å². The first-order valence-corrected chi connectivity index (χ1v) is 6.61. The zero-order chi connectivity index (χ0) is 14.7. The third-order valence-corrected chi connectivity index (χ3v) is 3.47. The van der Waals surface area contributed by atoms with Crippen LogP contribution in [-0.2, 0) is 11.2 Å². The van der Waals surface area contributed by atoms with E-state index >= 15 is 0 Å². The monoisotopic (exact) mass is 310 g/mol. The van der Waals surface area contributed by atoms with Crippen molar-refractivity contribution in [1.29, 1.82) is 0 Å². The average Bonchev–Trinajstić information content (AvgIpc) is 2.44. The van der Waals surface area contributed by atoms with Gasteiger partial charge in [-0.1, -0.05) is 41.4 Å². The van der Waals surface area contributed by atoms with Crippen LogP contribution in [-0.4, -0.2) is 18.2 Å². The molecule has 2 aromatic carbocycles. The fourth-order valence-corrected chi connectivity index (χ4v) is 2.46. The molecule has 0 saturated heterocycles. The second kappa shape index (κ2) is 6.16. The average molecular weight is 311 g/mol. The molecule has 0 aliphatic rings. The number of methoxy groups -OCH3 is 1. The van der Waals surface area contributed by atoms with Gasteiger partial charge < -0.3 is 9.84 Å². The largest absolute Gasteiger partial charge is 0.505 e. The maximum absolute atomic E-state index is 11.7. The van der Waals surface area contributed by atoms with Gasteiger partial charge in [0.25, 0.3) is 0 Å². The summed E-state index contributed by atoms with van der Waals surface area (Å²) in [4.78, 5) is 11.7. The predicted octanol–water partition coefficient (Wildman–Crippen LogP) is 4.08. The Balaban J connectivity index is 2.38. The number of hydrogen-bond donors (Lipinski definition) is 1. The normalized spacial score (nSPS) is 10.3. The number of carbonyl (C=O) groups excluding carboxylic acids is 1. The van der Waals surface area contributed by atoms with E-state index in [1.165, 1.54) is 7.11 Å². The number of carbonyl (C=O) groups is 1. The quantitative estimate of drug-likeness (QED) is 0.869. The smallest absolute Gasteiger partial charge is 0.338 e. The third kappa shape index (κ3) is 3.06. The Morgan fingerprint density at radius 2 is 1.80 bits per heavy atom. The van der Waals surface area contributed by atoms with E-state index in [0.29, 0.717) is 12.0 Å². The van der Waals surface area contributed by atoms with Crippen LogP contribution in [0.15, 0.2) is 36.4 Å². The predicted molar refractivity (Wildman–Crippen MR) is 78.7 cm³/mol. The Labute approximate surface area is 126 Å². The van der Waals surface area contributed by atoms with Crippen LogP contribution in [0.2, 0.25) is 10.0 Å². The van der Waals surface area contributed by atoms with Crippen LogP contribution < -0.4 is 0 Å². The molecule has 0 bridgehead atoms. The lowest BCUT2D eigenvalue weighted by Gasteiger charge is -2.09. The standard InChI is InChI=1S/C15H12Cl2O3/c1-20-15(19)11-5-3-2-4-10(11)6-9-7-12(16)14(18)13(17)8-9/h2-5,7-8,18H,6H2,1H3. The van der Waals surface area contributed by atoms with Gasteiger partial charge >= 0.3 is 5.97 Å². The summed E-state index contributed by atoms with van der Waals surface area (Å²) >= 11 is 11.8. The number of benzene rings is 2. The van der Waals surface area contributed by atoms with Crippen molar-refractivity contribution in [3.8, 4) is 5.75 Å². The van der Waals surface area contributed by atoms with E-state index in [9.17, 15) is 9.90 Å². The molecule has 0 atom stereocenters. The Morgan fingerprint density at radius 3 is 2.40 bits per heavy atom. The first kappa shape index (κ1) is 14.7. The molecule has 0 unspecified atom stereocenters. The Kier molecular flexibility index (Phi) is 4.53. The summed E-state index contributed by atoms with van der Waals surface area (Å²) in [5.41, 5.74) is 2.10. The second-order valence-corrected chi connectivity index (χ2v) is 5.05. The highest BCUT2D eigenvalue weighted by Crippen LogP contribution is 2.33. The van der Waals surface area contributed by atoms with E-state index < -0.39 is 5.97 Å². The van der Waals surface area contributed by atoms with Crippen LogP contribution in [0.25, 0.3) is 0 Å². The summed E-state index contributed by atoms with van der Waals surface area (Å²) in [6.45, 7) is 0. The number of phenols is 1. The Hall–Kier alpha value is -1.71. The van der Waals surface area contributed by atoms with Crippen molar-refractivity contribution in [3.63, 3.8) is 0 Å². The molecule has 0 heterocycles. The van der Waals surface area contributed by atoms with Gasteiger partial charge in [-0.2, -0.15) is 0 Å². The molecule has 0 aliphatic carbocycles. The highest BCUT2D eigenvalue weighted by molar-refractivity contribution is 6.37. The van der Waals surface area contributed by atoms with Crippen molar-refractivity contribution in [2.45, 2.75) is 6.42 Å². The molecule has 5 heteroatoms. The molecule has 2 rings (SSSR count). The fourth-order valence-electron chi connectivity index (χ4n) is 1.92. The van der Waals surface area contributed by atoms with Crippen molar-refractivity contribution < 1.29 is 14.6 Å². The molecule has 3 nitrogen and oxygen atoms in total. The van der Waals surface area contributed by atoms with E-state index in [1.54, 1.807) is 24.3 Å². The Bertz CT molecular complexity index is 630. The zero-order valence-electron chi connectivity index (χ0n) is 10.7. The molecule has 0 fully saturated rings. The summed E-state index contributed by atoms with van der Waals surface area (Å²) in [5.74, 6) is -0.532. The maximum Gasteiger partial charge on any atom is 0.338 e. The minimum Gasteiger partial charge on any atom is -0.505 e. The first-order chi connectivity index (χ1) is 9.52. The van der Waals surface area contributed by atoms with Gasteiger partial charge in [-0.3, -0.25) is 0 Å². The molecule has 20 heavy (non-hydrogen) atoms. The molecule has 0 aromatic heterocycles. The van der Waals surface area contributed by atoms with Gasteiger partial charge in [-0.25, -0.2) is 4.79 Å². The number of phenolic OH excluding ortho intramolecular Hbond substituents is 1. The second-order valence-electron chi connectivity index (χ2n) is 4.23. The lowest BCUT2D eigenvalue weighted by atomic mass is 10.00. The topological polar surface area (TPSA) is 46.5 Å². The molecule has 0 saturated carbocycles. The minimum absolute atomic E-state index is 0.140. The lowest BCUT2D eigenvalue weighted by molar-refractivity contribution is 0.0599. The molecule has 2 aromatic rings. The van der Waals surface area contributed by atoms with E-state index in [2.05, 4.69) is 0 Å². The molecule has 0 aliphatic heterocycles. The van der Waals surface area contributed by atoms with Gasteiger partial charge in [0.1, 0.15) is 0 Å². The van der Waals surface area contributed by atoms with E-state index in [0.717, 1.165) is 11.1 Å². The van der Waals surface area contributed by atoms with E-state index in [4.69, 9.17) is 27.9 Å². The Morgan fingerprint density at radius 1 is 1.20 bits per heavy atom. The van der Waals surface area contributed by atoms with Crippen molar-refractivity contribution >= 4 is 29.2 Å². The molecule has 1 N–H and O–H groups in total. The highest BCUT2D eigenvalue weighted by atomic mass is 35.5. The van der Waals surface area contributed by atoms with Gasteiger partial charge in [0.15, 0.2) is 5.75 Å². The van der Waals surface area contributed by atoms with Crippen LogP contribution >= 0.6 is 23.2 Å². The third-order valence-electron chi connectivity index (χ3n) is 2.89. The summed E-state index contributed by atoms with van der Waals surface area (Å²) in [7, 11) is 1.34. The van der Waals surface area contributed by atoms with Crippen LogP contribution in [0.1, 0.15) is 21.5 Å². The highest BCUT2D eigenvalue weighted by Gasteiger charge is 2.13. The van der Waals surface area contributed by atoms with Gasteiger partial charge in [0.05, 0.1) is 22.7 Å². The van der Waals surface area contributed by atoms with Crippen molar-refractivity contribution in [3.05, 3.63) is 63.1 Å². The van der Waals surface area contributed by atoms with Crippen molar-refractivity contribution in [2.24, 2.45) is 0 Å². The summed E-state index contributed by atoms with van der Waals surface area (Å²) in [6.07, 6.45) is 0.463. The van der Waals surface area contributed by atoms with Gasteiger partial charge in [0.2, 0.25) is 0 Å². The van der Waals surface area contributed by atoms with Gasteiger partial charge in [0, 0.05) is 0 Å². The fraction of sp³-hybridized carbons (Fsp3) is 0.133. The van der Waals surface area contributed by atoms with E-state index in [1.807, 2.05) is 12.1 Å². The molecular formula is C15H12Cl2O3. The number of halogens is 2. The summed E-state index contributed by atoms with van der Waals surface area (Å²) < 4.78 is 4.75. The SMILES string of the molecule is COC(=O)c1ccccc1Cc1cc(Cl)c(O)c(Cl)c1. The van der Waals surface area contributed by atoms with Crippen molar-refractivity contribution in [1.82, 2.24) is 0 Å². The molecule has 0 amide bonds. The number of hydrogen-bond acceptors (Lipinski definition) is 3. The molecule has 0 radical (unpaired) electrons. The number of aromatic hydroxyl groups is 1. The summed E-state index contributed by atoms with van der Waals surface area (Å²) in [6, 6.07) is 10.4. The number of esters is 1. The maximum atomic E-state index is 11.7.